The fourth-order valence-electron chi connectivity index (χ4n) is 3.21. The van der Waals surface area contributed by atoms with Crippen LogP contribution < -0.4 is 21.5 Å². The van der Waals surface area contributed by atoms with E-state index in [1.54, 1.807) is 0 Å². The molecule has 3 rings (SSSR count). The molecule has 0 aliphatic carbocycles. The minimum atomic E-state index is -0.0163. The number of nitrogen functional groups attached to an aromatic ring is 1. The van der Waals surface area contributed by atoms with Crippen LogP contribution in [0.25, 0.3) is 16.5 Å². The van der Waals surface area contributed by atoms with Gasteiger partial charge in [0, 0.05) is 23.4 Å². The number of nitrogens with two attached hydrogens (primary N) is 2. The van der Waals surface area contributed by atoms with Crippen molar-refractivity contribution in [1.29, 1.82) is 10.8 Å². The highest BCUT2D eigenvalue weighted by molar-refractivity contribution is 6.10. The first kappa shape index (κ1) is 21.7. The zero-order valence-corrected chi connectivity index (χ0v) is 17.7. The van der Waals surface area contributed by atoms with Crippen molar-refractivity contribution in [3.05, 3.63) is 53.0 Å². The Morgan fingerprint density at radius 2 is 1.97 bits per heavy atom. The van der Waals surface area contributed by atoms with E-state index in [0.29, 0.717) is 23.8 Å². The Kier molecular flexibility index (Phi) is 6.44. The number of ether oxygens (including phenoxy) is 1. The van der Waals surface area contributed by atoms with Crippen molar-refractivity contribution in [3.63, 3.8) is 0 Å². The molecule has 9 nitrogen and oxygen atoms in total. The average Bonchev–Trinajstić information content (AvgIpc) is 2.72. The second-order valence-electron chi connectivity index (χ2n) is 7.25. The van der Waals surface area contributed by atoms with Gasteiger partial charge in [0.1, 0.15) is 18.0 Å². The fraction of sp³-hybridized carbons (Fsp3) is 0.227. The molecule has 2 heterocycles. The Hall–Kier alpha value is -4.01. The molecule has 9 heteroatoms. The van der Waals surface area contributed by atoms with E-state index in [2.05, 4.69) is 15.3 Å². The van der Waals surface area contributed by atoms with E-state index in [1.807, 2.05) is 45.0 Å². The van der Waals surface area contributed by atoms with Gasteiger partial charge in [-0.2, -0.15) is 0 Å². The normalized spacial score (nSPS) is 10.7. The summed E-state index contributed by atoms with van der Waals surface area (Å²) in [6.45, 7) is 6.29. The quantitative estimate of drug-likeness (QED) is 0.351. The summed E-state index contributed by atoms with van der Waals surface area (Å²) in [4.78, 5) is 12.9. The van der Waals surface area contributed by atoms with Crippen molar-refractivity contribution < 1.29 is 4.74 Å². The van der Waals surface area contributed by atoms with E-state index >= 15 is 0 Å². The van der Waals surface area contributed by atoms with Crippen molar-refractivity contribution in [2.45, 2.75) is 33.4 Å². The number of hydrogen-bond acceptors (Lipinski definition) is 9. The number of hydrogen-bond donors (Lipinski definition) is 5. The smallest absolute Gasteiger partial charge is 0.222 e. The van der Waals surface area contributed by atoms with Gasteiger partial charge >= 0.3 is 0 Å². The summed E-state index contributed by atoms with van der Waals surface area (Å²) >= 11 is 0. The van der Waals surface area contributed by atoms with Gasteiger partial charge in [0.25, 0.3) is 0 Å². The van der Waals surface area contributed by atoms with Crippen molar-refractivity contribution in [1.82, 2.24) is 15.0 Å². The summed E-state index contributed by atoms with van der Waals surface area (Å²) < 4.78 is 5.98. The maximum Gasteiger partial charge on any atom is 0.222 e. The highest BCUT2D eigenvalue weighted by atomic mass is 16.5. The van der Waals surface area contributed by atoms with Crippen LogP contribution in [0.4, 0.5) is 11.6 Å². The Morgan fingerprint density at radius 1 is 1.23 bits per heavy atom. The van der Waals surface area contributed by atoms with E-state index in [1.165, 1.54) is 6.33 Å². The highest BCUT2D eigenvalue weighted by Gasteiger charge is 2.16. The number of nitrogens with zero attached hydrogens (tertiary/aromatic N) is 3. The van der Waals surface area contributed by atoms with Crippen molar-refractivity contribution >= 4 is 40.5 Å². The molecule has 2 aromatic heterocycles. The number of rotatable bonds is 8. The van der Waals surface area contributed by atoms with Crippen molar-refractivity contribution in [2.75, 3.05) is 11.1 Å². The third-order valence-corrected chi connectivity index (χ3v) is 4.64. The molecular weight excluding hydrogens is 392 g/mol. The molecule has 3 aromatic rings. The van der Waals surface area contributed by atoms with E-state index in [0.717, 1.165) is 34.5 Å². The van der Waals surface area contributed by atoms with Crippen LogP contribution in [0.15, 0.2) is 36.2 Å². The van der Waals surface area contributed by atoms with Crippen LogP contribution in [0.5, 0.6) is 5.88 Å². The maximum absolute atomic E-state index is 7.45. The van der Waals surface area contributed by atoms with Crippen LogP contribution >= 0.6 is 0 Å². The number of nitrogens with one attached hydrogen (secondary N) is 3. The van der Waals surface area contributed by atoms with Gasteiger partial charge < -0.3 is 32.3 Å². The summed E-state index contributed by atoms with van der Waals surface area (Å²) in [6.07, 6.45) is 3.29. The largest absolute Gasteiger partial charge is 0.474 e. The summed E-state index contributed by atoms with van der Waals surface area (Å²) in [5.74, 6) is 1.13. The van der Waals surface area contributed by atoms with Gasteiger partial charge in [0.15, 0.2) is 0 Å². The van der Waals surface area contributed by atoms with Gasteiger partial charge in [0.05, 0.1) is 29.6 Å². The second kappa shape index (κ2) is 9.21. The molecule has 0 aliphatic heterocycles. The maximum atomic E-state index is 7.45. The van der Waals surface area contributed by atoms with E-state index in [4.69, 9.17) is 32.0 Å². The van der Waals surface area contributed by atoms with Gasteiger partial charge in [0.2, 0.25) is 5.88 Å². The topological polar surface area (TPSA) is 160 Å². The lowest BCUT2D eigenvalue weighted by Gasteiger charge is -2.16. The molecule has 31 heavy (non-hydrogen) atoms. The average molecular weight is 419 g/mol. The van der Waals surface area contributed by atoms with Gasteiger partial charge in [-0.25, -0.2) is 15.0 Å². The zero-order chi connectivity index (χ0) is 22.5. The number of anilines is 2. The summed E-state index contributed by atoms with van der Waals surface area (Å²) in [6, 6.07) is 8.05. The third-order valence-electron chi connectivity index (χ3n) is 4.64. The Morgan fingerprint density at radius 3 is 2.65 bits per heavy atom. The SMILES string of the molecule is Cc1cccc2cc(CNc3ncnc(N)c3C(N)=C(C=N)C=N)nc(OC(C)C)c12. The first-order chi connectivity index (χ1) is 14.8. The van der Waals surface area contributed by atoms with Crippen LogP contribution in [0.3, 0.4) is 0 Å². The van der Waals surface area contributed by atoms with Crippen LogP contribution in [-0.4, -0.2) is 33.5 Å². The van der Waals surface area contributed by atoms with Crippen LogP contribution in [0.2, 0.25) is 0 Å². The Labute approximate surface area is 180 Å². The standard InChI is InChI=1S/C22H26N8O/c1-12(2)31-22-17-13(3)5-4-6-14(17)7-16(30-22)10-27-21-18(20(26)28-11-29-21)19(25)15(8-23)9-24/h4-9,11-12,23-24H,10,25H2,1-3H3,(H3,26,27,28,29). The highest BCUT2D eigenvalue weighted by Crippen LogP contribution is 2.30. The molecule has 0 fully saturated rings. The molecule has 0 bridgehead atoms. The zero-order valence-electron chi connectivity index (χ0n) is 17.7. The summed E-state index contributed by atoms with van der Waals surface area (Å²) in [7, 11) is 0. The van der Waals surface area contributed by atoms with Gasteiger partial charge in [-0.05, 0) is 37.8 Å². The number of aryl methyl sites for hydroxylation is 1. The molecule has 1 aromatic carbocycles. The molecule has 160 valence electrons. The molecule has 0 atom stereocenters. The number of fused-ring (bicyclic) bond motifs is 1. The Balaban J connectivity index is 2.01. The molecule has 0 saturated carbocycles. The molecule has 7 N–H and O–H groups in total. The number of pyridine rings is 1. The molecule has 0 unspecified atom stereocenters. The molecule has 0 radical (unpaired) electrons. The van der Waals surface area contributed by atoms with Crippen molar-refractivity contribution in [2.24, 2.45) is 5.73 Å². The lowest BCUT2D eigenvalue weighted by atomic mass is 10.1. The first-order valence-electron chi connectivity index (χ1n) is 9.77. The lowest BCUT2D eigenvalue weighted by molar-refractivity contribution is 0.235. The molecule has 0 aliphatic rings. The second-order valence-corrected chi connectivity index (χ2v) is 7.25. The molecule has 0 spiro atoms. The monoisotopic (exact) mass is 418 g/mol. The molecular formula is C22H26N8O. The minimum absolute atomic E-state index is 0.0163. The fourth-order valence-corrected chi connectivity index (χ4v) is 3.21. The molecule has 0 saturated heterocycles. The third kappa shape index (κ3) is 4.61. The Bertz CT molecular complexity index is 1160. The van der Waals surface area contributed by atoms with Gasteiger partial charge in [-0.3, -0.25) is 0 Å². The van der Waals surface area contributed by atoms with E-state index in [9.17, 15) is 0 Å². The summed E-state index contributed by atoms with van der Waals surface area (Å²) in [5.41, 5.74) is 14.7. The van der Waals surface area contributed by atoms with Crippen LogP contribution in [0.1, 0.15) is 30.7 Å². The van der Waals surface area contributed by atoms with Gasteiger partial charge in [-0.15, -0.1) is 0 Å². The van der Waals surface area contributed by atoms with Gasteiger partial charge in [-0.1, -0.05) is 18.2 Å². The number of aromatic nitrogens is 3. The van der Waals surface area contributed by atoms with Crippen molar-refractivity contribution in [3.8, 4) is 5.88 Å². The predicted molar refractivity (Wildman–Crippen MR) is 125 cm³/mol. The lowest BCUT2D eigenvalue weighted by Crippen LogP contribution is -2.14. The predicted octanol–water partition coefficient (Wildman–Crippen LogP) is 3.28. The summed E-state index contributed by atoms with van der Waals surface area (Å²) in [5, 5.41) is 20.1. The van der Waals surface area contributed by atoms with E-state index in [-0.39, 0.29) is 23.2 Å². The number of benzene rings is 1. The van der Waals surface area contributed by atoms with Crippen LogP contribution in [0, 0.1) is 17.7 Å². The number of allylic oxidation sites excluding steroid dienone is 1. The first-order valence-corrected chi connectivity index (χ1v) is 9.77. The van der Waals surface area contributed by atoms with Crippen LogP contribution in [-0.2, 0) is 6.54 Å². The minimum Gasteiger partial charge on any atom is -0.474 e. The van der Waals surface area contributed by atoms with E-state index < -0.39 is 0 Å². The molecule has 0 amide bonds.